The number of benzene rings is 1. The molecule has 1 aromatic carbocycles. The van der Waals surface area contributed by atoms with Crippen molar-refractivity contribution in [3.05, 3.63) is 41.0 Å². The Labute approximate surface area is 115 Å². The molecule has 3 N–H and O–H groups in total. The summed E-state index contributed by atoms with van der Waals surface area (Å²) in [5.41, 5.74) is 3.08. The van der Waals surface area contributed by atoms with Gasteiger partial charge in [-0.1, -0.05) is 0 Å². The first-order valence-corrected chi connectivity index (χ1v) is 6.25. The number of hydrogen-bond acceptors (Lipinski definition) is 3. The van der Waals surface area contributed by atoms with Gasteiger partial charge < -0.3 is 10.4 Å². The van der Waals surface area contributed by atoms with E-state index in [1.54, 1.807) is 0 Å². The Hall–Kier alpha value is -2.37. The van der Waals surface area contributed by atoms with Crippen molar-refractivity contribution in [3.8, 4) is 5.75 Å². The second-order valence-electron chi connectivity index (χ2n) is 4.66. The number of anilines is 1. The number of phenolic OH excluding ortho intramolecular Hbond substituents is 1. The van der Waals surface area contributed by atoms with Gasteiger partial charge in [-0.25, -0.2) is 4.39 Å². The maximum atomic E-state index is 13.1. The van der Waals surface area contributed by atoms with Gasteiger partial charge in [0.25, 0.3) is 0 Å². The van der Waals surface area contributed by atoms with Crippen molar-refractivity contribution >= 4 is 11.6 Å². The summed E-state index contributed by atoms with van der Waals surface area (Å²) >= 11 is 0. The predicted molar refractivity (Wildman–Crippen MR) is 73.1 cm³/mol. The van der Waals surface area contributed by atoms with Gasteiger partial charge in [-0.05, 0) is 31.9 Å². The van der Waals surface area contributed by atoms with Crippen molar-refractivity contribution in [1.29, 1.82) is 0 Å². The first-order valence-electron chi connectivity index (χ1n) is 6.25. The highest BCUT2D eigenvalue weighted by Crippen LogP contribution is 2.19. The summed E-state index contributed by atoms with van der Waals surface area (Å²) in [6, 6.07) is 3.44. The van der Waals surface area contributed by atoms with Gasteiger partial charge in [-0.2, -0.15) is 5.10 Å². The minimum Gasteiger partial charge on any atom is -0.508 e. The second-order valence-corrected chi connectivity index (χ2v) is 4.66. The average molecular weight is 277 g/mol. The van der Waals surface area contributed by atoms with E-state index < -0.39 is 5.82 Å². The van der Waals surface area contributed by atoms with Crippen LogP contribution >= 0.6 is 0 Å². The maximum Gasteiger partial charge on any atom is 0.224 e. The van der Waals surface area contributed by atoms with Crippen LogP contribution in [0.2, 0.25) is 0 Å². The lowest BCUT2D eigenvalue weighted by Gasteiger charge is -2.06. The van der Waals surface area contributed by atoms with Crippen LogP contribution in [0.4, 0.5) is 10.1 Å². The zero-order valence-corrected chi connectivity index (χ0v) is 11.3. The first-order chi connectivity index (χ1) is 9.45. The lowest BCUT2D eigenvalue weighted by molar-refractivity contribution is -0.116. The molecule has 1 amide bonds. The summed E-state index contributed by atoms with van der Waals surface area (Å²) in [7, 11) is 0. The summed E-state index contributed by atoms with van der Waals surface area (Å²) in [5, 5.41) is 18.7. The number of aromatic amines is 1. The Balaban J connectivity index is 1.96. The van der Waals surface area contributed by atoms with Crippen LogP contribution in [0.1, 0.15) is 23.4 Å². The van der Waals surface area contributed by atoms with E-state index >= 15 is 0 Å². The standard InChI is InChI=1S/C14H16FN3O2/c1-8-13(9(2)18-17-8)3-4-14(20)16-11-5-10(15)6-12(19)7-11/h5-7,19H,3-4H2,1-2H3,(H,16,20)(H,17,18). The zero-order valence-electron chi connectivity index (χ0n) is 11.3. The number of hydrogen-bond donors (Lipinski definition) is 3. The Kier molecular flexibility index (Phi) is 4.02. The molecule has 2 rings (SSSR count). The molecule has 20 heavy (non-hydrogen) atoms. The molecule has 0 radical (unpaired) electrons. The highest BCUT2D eigenvalue weighted by molar-refractivity contribution is 5.91. The molecule has 0 bridgehead atoms. The molecule has 1 aromatic heterocycles. The van der Waals surface area contributed by atoms with Crippen LogP contribution in [0.3, 0.4) is 0 Å². The summed E-state index contributed by atoms with van der Waals surface area (Å²) in [4.78, 5) is 11.8. The average Bonchev–Trinajstić information content (AvgIpc) is 2.65. The van der Waals surface area contributed by atoms with Gasteiger partial charge in [0.2, 0.25) is 5.91 Å². The third-order valence-corrected chi connectivity index (χ3v) is 3.05. The number of rotatable bonds is 4. The van der Waals surface area contributed by atoms with Crippen molar-refractivity contribution in [1.82, 2.24) is 10.2 Å². The van der Waals surface area contributed by atoms with Gasteiger partial charge in [0.15, 0.2) is 0 Å². The first kappa shape index (κ1) is 14.0. The van der Waals surface area contributed by atoms with E-state index in [4.69, 9.17) is 0 Å². The largest absolute Gasteiger partial charge is 0.508 e. The normalized spacial score (nSPS) is 10.6. The molecular weight excluding hydrogens is 261 g/mol. The number of H-pyrrole nitrogens is 1. The van der Waals surface area contributed by atoms with Gasteiger partial charge >= 0.3 is 0 Å². The van der Waals surface area contributed by atoms with Crippen LogP contribution in [0.25, 0.3) is 0 Å². The number of nitrogens with zero attached hydrogens (tertiary/aromatic N) is 1. The van der Waals surface area contributed by atoms with E-state index in [9.17, 15) is 14.3 Å². The number of aryl methyl sites for hydroxylation is 2. The maximum absolute atomic E-state index is 13.1. The quantitative estimate of drug-likeness (QED) is 0.803. The monoisotopic (exact) mass is 277 g/mol. The highest BCUT2D eigenvalue weighted by atomic mass is 19.1. The summed E-state index contributed by atoms with van der Waals surface area (Å²) in [5.74, 6) is -1.06. The number of aromatic nitrogens is 2. The van der Waals surface area contributed by atoms with Gasteiger partial charge in [0.05, 0.1) is 5.69 Å². The van der Waals surface area contributed by atoms with Crippen LogP contribution in [0.15, 0.2) is 18.2 Å². The minimum absolute atomic E-state index is 0.221. The summed E-state index contributed by atoms with van der Waals surface area (Å²) in [6.45, 7) is 3.78. The molecule has 0 spiro atoms. The van der Waals surface area contributed by atoms with E-state index in [-0.39, 0.29) is 23.8 Å². The van der Waals surface area contributed by atoms with Gasteiger partial charge in [-0.3, -0.25) is 9.89 Å². The number of aromatic hydroxyl groups is 1. The smallest absolute Gasteiger partial charge is 0.224 e. The SMILES string of the molecule is Cc1n[nH]c(C)c1CCC(=O)Nc1cc(O)cc(F)c1. The Morgan fingerprint density at radius 1 is 1.40 bits per heavy atom. The Bertz CT molecular complexity index is 598. The van der Waals surface area contributed by atoms with Crippen LogP contribution in [-0.4, -0.2) is 21.2 Å². The molecule has 2 aromatic rings. The number of amides is 1. The third-order valence-electron chi connectivity index (χ3n) is 3.05. The summed E-state index contributed by atoms with van der Waals surface area (Å²) < 4.78 is 13.1. The third kappa shape index (κ3) is 3.34. The van der Waals surface area contributed by atoms with Crippen molar-refractivity contribution in [2.45, 2.75) is 26.7 Å². The van der Waals surface area contributed by atoms with Crippen molar-refractivity contribution in [2.75, 3.05) is 5.32 Å². The molecule has 106 valence electrons. The van der Waals surface area contributed by atoms with Crippen LogP contribution in [0.5, 0.6) is 5.75 Å². The van der Waals surface area contributed by atoms with Crippen LogP contribution in [0, 0.1) is 19.7 Å². The lowest BCUT2D eigenvalue weighted by Crippen LogP contribution is -2.12. The fourth-order valence-corrected chi connectivity index (χ4v) is 2.05. The number of carbonyl (C=O) groups excluding carboxylic acids is 1. The second kappa shape index (κ2) is 5.73. The van der Waals surface area contributed by atoms with E-state index in [1.165, 1.54) is 6.07 Å². The van der Waals surface area contributed by atoms with Crippen molar-refractivity contribution in [3.63, 3.8) is 0 Å². The molecule has 6 heteroatoms. The predicted octanol–water partition coefficient (Wildman–Crippen LogP) is 2.44. The molecule has 0 unspecified atom stereocenters. The molecule has 1 heterocycles. The number of nitrogens with one attached hydrogen (secondary N) is 2. The van der Waals surface area contributed by atoms with E-state index in [0.29, 0.717) is 6.42 Å². The fourth-order valence-electron chi connectivity index (χ4n) is 2.05. The molecule has 0 saturated carbocycles. The molecule has 0 aliphatic rings. The molecule has 0 atom stereocenters. The molecule has 0 saturated heterocycles. The number of carbonyl (C=O) groups is 1. The van der Waals surface area contributed by atoms with Gasteiger partial charge in [0.1, 0.15) is 11.6 Å². The summed E-state index contributed by atoms with van der Waals surface area (Å²) in [6.07, 6.45) is 0.819. The molecule has 5 nitrogen and oxygen atoms in total. The Morgan fingerprint density at radius 2 is 2.15 bits per heavy atom. The van der Waals surface area contributed by atoms with Crippen LogP contribution in [-0.2, 0) is 11.2 Å². The molecule has 0 fully saturated rings. The minimum atomic E-state index is -0.596. The number of halogens is 1. The highest BCUT2D eigenvalue weighted by Gasteiger charge is 2.10. The van der Waals surface area contributed by atoms with Gasteiger partial charge in [-0.15, -0.1) is 0 Å². The van der Waals surface area contributed by atoms with Crippen molar-refractivity contribution < 1.29 is 14.3 Å². The van der Waals surface area contributed by atoms with E-state index in [1.807, 2.05) is 13.8 Å². The fraction of sp³-hybridized carbons (Fsp3) is 0.286. The molecule has 0 aliphatic carbocycles. The Morgan fingerprint density at radius 3 is 2.75 bits per heavy atom. The van der Waals surface area contributed by atoms with Crippen molar-refractivity contribution in [2.24, 2.45) is 0 Å². The zero-order chi connectivity index (χ0) is 14.7. The molecular formula is C14H16FN3O2. The lowest BCUT2D eigenvalue weighted by atomic mass is 10.1. The van der Waals surface area contributed by atoms with Crippen LogP contribution < -0.4 is 5.32 Å². The van der Waals surface area contributed by atoms with Gasteiger partial charge in [0, 0.05) is 29.9 Å². The number of phenols is 1. The van der Waals surface area contributed by atoms with E-state index in [2.05, 4.69) is 15.5 Å². The molecule has 0 aliphatic heterocycles. The topological polar surface area (TPSA) is 78.0 Å². The van der Waals surface area contributed by atoms with E-state index in [0.717, 1.165) is 29.1 Å².